The first-order valence-electron chi connectivity index (χ1n) is 9.31. The van der Waals surface area contributed by atoms with Gasteiger partial charge in [0.25, 0.3) is 0 Å². The predicted molar refractivity (Wildman–Crippen MR) is 100 cm³/mol. The third-order valence-corrected chi connectivity index (χ3v) is 5.57. The second kappa shape index (κ2) is 6.79. The molecule has 2 aromatic heterocycles. The Balaban J connectivity index is 1.39. The summed E-state index contributed by atoms with van der Waals surface area (Å²) >= 11 is 0. The van der Waals surface area contributed by atoms with Crippen LogP contribution in [-0.2, 0) is 13.6 Å². The number of aryl methyl sites for hydroxylation is 1. The van der Waals surface area contributed by atoms with Gasteiger partial charge in [-0.05, 0) is 23.8 Å². The highest BCUT2D eigenvalue weighted by atomic mass is 16.1. The largest absolute Gasteiger partial charge is 0.356 e. The lowest BCUT2D eigenvalue weighted by Gasteiger charge is -2.22. The molecule has 4 rings (SSSR count). The molecule has 26 heavy (non-hydrogen) atoms. The van der Waals surface area contributed by atoms with Crippen molar-refractivity contribution in [3.05, 3.63) is 46.5 Å². The molecule has 0 aliphatic carbocycles. The number of hydrogen-bond acceptors (Lipinski definition) is 6. The van der Waals surface area contributed by atoms with Crippen molar-refractivity contribution in [2.75, 3.05) is 31.1 Å². The lowest BCUT2D eigenvalue weighted by molar-refractivity contribution is 0.304. The Labute approximate surface area is 153 Å². The summed E-state index contributed by atoms with van der Waals surface area (Å²) in [5.74, 6) is 2.77. The number of anilines is 1. The van der Waals surface area contributed by atoms with E-state index in [-0.39, 0.29) is 5.69 Å². The topological polar surface area (TPSA) is 67.2 Å². The fourth-order valence-corrected chi connectivity index (χ4v) is 4.07. The van der Waals surface area contributed by atoms with Crippen molar-refractivity contribution in [3.8, 4) is 0 Å². The molecule has 2 aliphatic rings. The molecule has 0 amide bonds. The second-order valence-corrected chi connectivity index (χ2v) is 7.89. The average molecular weight is 354 g/mol. The fourth-order valence-electron chi connectivity index (χ4n) is 4.07. The van der Waals surface area contributed by atoms with Gasteiger partial charge in [-0.1, -0.05) is 13.8 Å². The SMILES string of the molecule is CC(C)c1cc(N2CC3CN(Cc4ccn(C)c(=O)n4)CC3C2)ncn1. The van der Waals surface area contributed by atoms with Crippen LogP contribution in [0.4, 0.5) is 5.82 Å². The van der Waals surface area contributed by atoms with Crippen molar-refractivity contribution in [1.82, 2.24) is 24.4 Å². The van der Waals surface area contributed by atoms with Crippen LogP contribution >= 0.6 is 0 Å². The van der Waals surface area contributed by atoms with Crippen molar-refractivity contribution in [2.24, 2.45) is 18.9 Å². The van der Waals surface area contributed by atoms with E-state index in [1.807, 2.05) is 6.07 Å². The van der Waals surface area contributed by atoms with Crippen LogP contribution in [0.5, 0.6) is 0 Å². The van der Waals surface area contributed by atoms with Gasteiger partial charge in [-0.25, -0.2) is 14.8 Å². The van der Waals surface area contributed by atoms with Gasteiger partial charge in [0.05, 0.1) is 5.69 Å². The van der Waals surface area contributed by atoms with Gasteiger partial charge in [-0.3, -0.25) is 4.90 Å². The quantitative estimate of drug-likeness (QED) is 0.824. The van der Waals surface area contributed by atoms with Crippen molar-refractivity contribution >= 4 is 5.82 Å². The molecule has 0 aromatic carbocycles. The van der Waals surface area contributed by atoms with Gasteiger partial charge in [0.1, 0.15) is 12.1 Å². The molecule has 2 unspecified atom stereocenters. The summed E-state index contributed by atoms with van der Waals surface area (Å²) in [6.45, 7) is 9.27. The van der Waals surface area contributed by atoms with Gasteiger partial charge in [-0.15, -0.1) is 0 Å². The molecule has 0 saturated carbocycles. The highest BCUT2D eigenvalue weighted by Gasteiger charge is 2.40. The van der Waals surface area contributed by atoms with E-state index in [1.165, 1.54) is 4.57 Å². The van der Waals surface area contributed by atoms with Gasteiger partial charge in [-0.2, -0.15) is 4.98 Å². The Bertz CT molecular complexity index is 834. The standard InChI is InChI=1S/C19H26N6O/c1-13(2)17-6-18(21-12-20-17)25-9-14-7-24(8-15(14)10-25)11-16-4-5-23(3)19(26)22-16/h4-6,12-15H,7-11H2,1-3H3. The number of nitrogens with zero attached hydrogens (tertiary/aromatic N) is 6. The van der Waals surface area contributed by atoms with Crippen LogP contribution in [0.2, 0.25) is 0 Å². The Hall–Kier alpha value is -2.28. The molecule has 0 bridgehead atoms. The first kappa shape index (κ1) is 17.1. The van der Waals surface area contributed by atoms with Crippen molar-refractivity contribution in [3.63, 3.8) is 0 Å². The summed E-state index contributed by atoms with van der Waals surface area (Å²) in [6, 6.07) is 4.07. The van der Waals surface area contributed by atoms with Crippen LogP contribution in [0, 0.1) is 11.8 Å². The van der Waals surface area contributed by atoms with E-state index in [1.54, 1.807) is 19.6 Å². The lowest BCUT2D eigenvalue weighted by atomic mass is 10.0. The van der Waals surface area contributed by atoms with Gasteiger partial charge < -0.3 is 9.47 Å². The number of likely N-dealkylation sites (tertiary alicyclic amines) is 1. The summed E-state index contributed by atoms with van der Waals surface area (Å²) in [5, 5.41) is 0. The van der Waals surface area contributed by atoms with Crippen LogP contribution in [-0.4, -0.2) is 50.6 Å². The maximum atomic E-state index is 11.7. The van der Waals surface area contributed by atoms with Crippen LogP contribution in [0.25, 0.3) is 0 Å². The van der Waals surface area contributed by atoms with Gasteiger partial charge in [0.15, 0.2) is 0 Å². The lowest BCUT2D eigenvalue weighted by Crippen LogP contribution is -2.30. The van der Waals surface area contributed by atoms with Crippen LogP contribution in [0.3, 0.4) is 0 Å². The first-order valence-corrected chi connectivity index (χ1v) is 9.31. The smallest absolute Gasteiger partial charge is 0.347 e. The normalized spacial score (nSPS) is 23.0. The molecule has 4 heterocycles. The highest BCUT2D eigenvalue weighted by molar-refractivity contribution is 5.41. The van der Waals surface area contributed by atoms with E-state index in [0.717, 1.165) is 49.9 Å². The molecule has 138 valence electrons. The predicted octanol–water partition coefficient (Wildman–Crippen LogP) is 1.26. The minimum Gasteiger partial charge on any atom is -0.356 e. The number of rotatable bonds is 4. The zero-order valence-corrected chi connectivity index (χ0v) is 15.7. The molecule has 2 aromatic rings. The number of aromatic nitrogens is 4. The minimum atomic E-state index is -0.183. The van der Waals surface area contributed by atoms with Crippen LogP contribution in [0.1, 0.15) is 31.2 Å². The molecule has 0 spiro atoms. The van der Waals surface area contributed by atoms with E-state index >= 15 is 0 Å². The Morgan fingerprint density at radius 2 is 1.88 bits per heavy atom. The number of fused-ring (bicyclic) bond motifs is 1. The van der Waals surface area contributed by atoms with E-state index in [0.29, 0.717) is 17.8 Å². The van der Waals surface area contributed by atoms with Crippen LogP contribution in [0.15, 0.2) is 29.5 Å². The first-order chi connectivity index (χ1) is 12.5. The molecule has 2 saturated heterocycles. The maximum Gasteiger partial charge on any atom is 0.347 e. The van der Waals surface area contributed by atoms with E-state index in [9.17, 15) is 4.79 Å². The minimum absolute atomic E-state index is 0.183. The Kier molecular flexibility index (Phi) is 4.48. The molecular weight excluding hydrogens is 328 g/mol. The van der Waals surface area contributed by atoms with E-state index in [4.69, 9.17) is 0 Å². The summed E-state index contributed by atoms with van der Waals surface area (Å²) in [4.78, 5) is 29.5. The maximum absolute atomic E-state index is 11.7. The molecule has 7 heteroatoms. The Morgan fingerprint density at radius 1 is 1.15 bits per heavy atom. The third kappa shape index (κ3) is 3.35. The van der Waals surface area contributed by atoms with E-state index < -0.39 is 0 Å². The molecule has 0 radical (unpaired) electrons. The third-order valence-electron chi connectivity index (χ3n) is 5.57. The molecule has 2 aliphatic heterocycles. The second-order valence-electron chi connectivity index (χ2n) is 7.89. The van der Waals surface area contributed by atoms with Crippen molar-refractivity contribution in [1.29, 1.82) is 0 Å². The Morgan fingerprint density at radius 3 is 2.54 bits per heavy atom. The molecule has 2 atom stereocenters. The molecule has 7 nitrogen and oxygen atoms in total. The number of hydrogen-bond donors (Lipinski definition) is 0. The fraction of sp³-hybridized carbons (Fsp3) is 0.579. The zero-order valence-electron chi connectivity index (χ0n) is 15.7. The molecule has 2 fully saturated rings. The summed E-state index contributed by atoms with van der Waals surface area (Å²) < 4.78 is 1.51. The van der Waals surface area contributed by atoms with Crippen LogP contribution < -0.4 is 10.6 Å². The van der Waals surface area contributed by atoms with Gasteiger partial charge in [0.2, 0.25) is 0 Å². The average Bonchev–Trinajstić information content (AvgIpc) is 3.17. The van der Waals surface area contributed by atoms with E-state index in [2.05, 4.69) is 44.7 Å². The zero-order chi connectivity index (χ0) is 18.3. The summed E-state index contributed by atoms with van der Waals surface area (Å²) in [5.41, 5.74) is 1.78. The van der Waals surface area contributed by atoms with Gasteiger partial charge in [0, 0.05) is 57.7 Å². The highest BCUT2D eigenvalue weighted by Crippen LogP contribution is 2.34. The summed E-state index contributed by atoms with van der Waals surface area (Å²) in [7, 11) is 1.73. The summed E-state index contributed by atoms with van der Waals surface area (Å²) in [6.07, 6.45) is 3.48. The molecular formula is C19H26N6O. The van der Waals surface area contributed by atoms with Crippen molar-refractivity contribution in [2.45, 2.75) is 26.3 Å². The monoisotopic (exact) mass is 354 g/mol. The molecule has 0 N–H and O–H groups in total. The van der Waals surface area contributed by atoms with Gasteiger partial charge >= 0.3 is 5.69 Å². The van der Waals surface area contributed by atoms with Crippen molar-refractivity contribution < 1.29 is 0 Å².